The summed E-state index contributed by atoms with van der Waals surface area (Å²) in [5.41, 5.74) is 2.09. The van der Waals surface area contributed by atoms with E-state index in [1.807, 2.05) is 35.7 Å². The highest BCUT2D eigenvalue weighted by molar-refractivity contribution is 7.09. The Balaban J connectivity index is 1.76. The molecule has 0 radical (unpaired) electrons. The van der Waals surface area contributed by atoms with Gasteiger partial charge in [-0.25, -0.2) is 4.79 Å². The molecule has 0 saturated heterocycles. The lowest BCUT2D eigenvalue weighted by molar-refractivity contribution is 0.252. The van der Waals surface area contributed by atoms with Crippen LogP contribution in [-0.4, -0.2) is 12.6 Å². The summed E-state index contributed by atoms with van der Waals surface area (Å²) in [5.74, 6) is 0.503. The molecule has 4 heteroatoms. The van der Waals surface area contributed by atoms with E-state index in [1.165, 1.54) is 10.4 Å². The lowest BCUT2D eigenvalue weighted by Crippen LogP contribution is -2.30. The Morgan fingerprint density at radius 3 is 2.55 bits per heavy atom. The molecule has 20 heavy (non-hydrogen) atoms. The first-order valence-corrected chi connectivity index (χ1v) is 7.70. The van der Waals surface area contributed by atoms with Gasteiger partial charge in [0.15, 0.2) is 0 Å². The first kappa shape index (κ1) is 14.6. The van der Waals surface area contributed by atoms with Crippen LogP contribution >= 0.6 is 11.3 Å². The monoisotopic (exact) mass is 288 g/mol. The highest BCUT2D eigenvalue weighted by Crippen LogP contribution is 2.17. The van der Waals surface area contributed by atoms with Gasteiger partial charge >= 0.3 is 6.03 Å². The predicted molar refractivity (Wildman–Crippen MR) is 85.6 cm³/mol. The minimum absolute atomic E-state index is 0.154. The van der Waals surface area contributed by atoms with E-state index in [2.05, 4.69) is 30.5 Å². The Kier molecular flexibility index (Phi) is 5.18. The van der Waals surface area contributed by atoms with Crippen molar-refractivity contribution >= 4 is 23.1 Å². The van der Waals surface area contributed by atoms with Crippen molar-refractivity contribution in [3.05, 3.63) is 52.2 Å². The third-order valence-electron chi connectivity index (χ3n) is 3.07. The van der Waals surface area contributed by atoms with Crippen LogP contribution in [0, 0.1) is 0 Å². The van der Waals surface area contributed by atoms with Crippen molar-refractivity contribution in [2.75, 3.05) is 11.9 Å². The normalized spacial score (nSPS) is 10.6. The van der Waals surface area contributed by atoms with Crippen LogP contribution in [0.2, 0.25) is 0 Å². The minimum atomic E-state index is -0.154. The molecule has 2 N–H and O–H groups in total. The molecule has 0 spiro atoms. The van der Waals surface area contributed by atoms with Crippen molar-refractivity contribution in [3.63, 3.8) is 0 Å². The number of urea groups is 1. The molecule has 0 aliphatic rings. The van der Waals surface area contributed by atoms with E-state index >= 15 is 0 Å². The van der Waals surface area contributed by atoms with Crippen molar-refractivity contribution in [1.29, 1.82) is 0 Å². The van der Waals surface area contributed by atoms with Gasteiger partial charge in [0.05, 0.1) is 0 Å². The van der Waals surface area contributed by atoms with Crippen molar-refractivity contribution in [2.24, 2.45) is 0 Å². The van der Waals surface area contributed by atoms with Gasteiger partial charge in [0.25, 0.3) is 0 Å². The molecule has 0 unspecified atom stereocenters. The molecule has 106 valence electrons. The topological polar surface area (TPSA) is 41.1 Å². The third-order valence-corrected chi connectivity index (χ3v) is 4.01. The second-order valence-electron chi connectivity index (χ2n) is 4.99. The van der Waals surface area contributed by atoms with Crippen LogP contribution in [0.3, 0.4) is 0 Å². The van der Waals surface area contributed by atoms with E-state index < -0.39 is 0 Å². The zero-order valence-electron chi connectivity index (χ0n) is 11.8. The fourth-order valence-electron chi connectivity index (χ4n) is 1.88. The molecule has 0 saturated carbocycles. The van der Waals surface area contributed by atoms with E-state index in [0.29, 0.717) is 12.5 Å². The van der Waals surface area contributed by atoms with Crippen LogP contribution in [0.5, 0.6) is 0 Å². The van der Waals surface area contributed by atoms with Crippen molar-refractivity contribution in [1.82, 2.24) is 5.32 Å². The molecule has 3 nitrogen and oxygen atoms in total. The number of carbonyl (C=O) groups excluding carboxylic acids is 1. The van der Waals surface area contributed by atoms with E-state index in [4.69, 9.17) is 0 Å². The Hall–Kier alpha value is -1.81. The number of rotatable bonds is 5. The average Bonchev–Trinajstić information content (AvgIpc) is 2.92. The molecule has 0 aliphatic carbocycles. The number of amides is 2. The van der Waals surface area contributed by atoms with Crippen LogP contribution in [0.15, 0.2) is 41.8 Å². The Morgan fingerprint density at radius 2 is 1.95 bits per heavy atom. The summed E-state index contributed by atoms with van der Waals surface area (Å²) < 4.78 is 0. The molecule has 0 bridgehead atoms. The number of hydrogen-bond donors (Lipinski definition) is 2. The third kappa shape index (κ3) is 4.38. The zero-order valence-corrected chi connectivity index (χ0v) is 12.7. The molecule has 0 atom stereocenters. The fourth-order valence-corrected chi connectivity index (χ4v) is 2.59. The van der Waals surface area contributed by atoms with Crippen LogP contribution in [0.1, 0.15) is 30.2 Å². The van der Waals surface area contributed by atoms with Crippen LogP contribution in [0.25, 0.3) is 0 Å². The van der Waals surface area contributed by atoms with Gasteiger partial charge in [0.2, 0.25) is 0 Å². The maximum atomic E-state index is 11.7. The Labute approximate surface area is 124 Å². The van der Waals surface area contributed by atoms with Gasteiger partial charge in [0, 0.05) is 17.1 Å². The SMILES string of the molecule is CC(C)c1ccc(NC(=O)NCCc2cccs2)cc1. The van der Waals surface area contributed by atoms with Crippen LogP contribution < -0.4 is 10.6 Å². The van der Waals surface area contributed by atoms with Gasteiger partial charge in [-0.1, -0.05) is 32.0 Å². The first-order chi connectivity index (χ1) is 9.65. The maximum Gasteiger partial charge on any atom is 0.319 e. The standard InChI is InChI=1S/C16H20N2OS/c1-12(2)13-5-7-14(8-6-13)18-16(19)17-10-9-15-4-3-11-20-15/h3-8,11-12H,9-10H2,1-2H3,(H2,17,18,19). The summed E-state index contributed by atoms with van der Waals surface area (Å²) in [7, 11) is 0. The highest BCUT2D eigenvalue weighted by Gasteiger charge is 2.03. The Bertz CT molecular complexity index is 532. The van der Waals surface area contributed by atoms with Crippen LogP contribution in [0.4, 0.5) is 10.5 Å². The summed E-state index contributed by atoms with van der Waals surface area (Å²) in [4.78, 5) is 13.0. The fraction of sp³-hybridized carbons (Fsp3) is 0.312. The number of nitrogens with one attached hydrogen (secondary N) is 2. The quantitative estimate of drug-likeness (QED) is 0.849. The van der Waals surface area contributed by atoms with Gasteiger partial charge in [-0.15, -0.1) is 11.3 Å². The second kappa shape index (κ2) is 7.10. The lowest BCUT2D eigenvalue weighted by Gasteiger charge is -2.09. The Morgan fingerprint density at radius 1 is 1.20 bits per heavy atom. The van der Waals surface area contributed by atoms with E-state index in [-0.39, 0.29) is 6.03 Å². The summed E-state index contributed by atoms with van der Waals surface area (Å²) in [5, 5.41) is 7.75. The van der Waals surface area contributed by atoms with Crippen molar-refractivity contribution in [3.8, 4) is 0 Å². The summed E-state index contributed by atoms with van der Waals surface area (Å²) in [6.07, 6.45) is 0.872. The lowest BCUT2D eigenvalue weighted by atomic mass is 10.0. The molecule has 1 heterocycles. The summed E-state index contributed by atoms with van der Waals surface area (Å²) in [6.45, 7) is 4.95. The second-order valence-corrected chi connectivity index (χ2v) is 6.02. The number of thiophene rings is 1. The predicted octanol–water partition coefficient (Wildman–Crippen LogP) is 4.24. The van der Waals surface area contributed by atoms with Crippen molar-refractivity contribution in [2.45, 2.75) is 26.2 Å². The molecule has 1 aromatic heterocycles. The van der Waals surface area contributed by atoms with Gasteiger partial charge in [-0.2, -0.15) is 0 Å². The first-order valence-electron chi connectivity index (χ1n) is 6.82. The minimum Gasteiger partial charge on any atom is -0.338 e. The molecule has 0 fully saturated rings. The van der Waals surface area contributed by atoms with Gasteiger partial charge in [-0.3, -0.25) is 0 Å². The highest BCUT2D eigenvalue weighted by atomic mass is 32.1. The molecule has 0 aliphatic heterocycles. The number of hydrogen-bond acceptors (Lipinski definition) is 2. The van der Waals surface area contributed by atoms with Gasteiger partial charge in [-0.05, 0) is 41.5 Å². The van der Waals surface area contributed by atoms with E-state index in [0.717, 1.165) is 12.1 Å². The van der Waals surface area contributed by atoms with Gasteiger partial charge < -0.3 is 10.6 Å². The van der Waals surface area contributed by atoms with E-state index in [9.17, 15) is 4.79 Å². The summed E-state index contributed by atoms with van der Waals surface area (Å²) in [6, 6.07) is 11.9. The number of carbonyl (C=O) groups is 1. The molecule has 2 amide bonds. The largest absolute Gasteiger partial charge is 0.338 e. The maximum absolute atomic E-state index is 11.7. The molecular formula is C16H20N2OS. The van der Waals surface area contributed by atoms with Crippen molar-refractivity contribution < 1.29 is 4.79 Å². The molecule has 2 aromatic rings. The summed E-state index contributed by atoms with van der Waals surface area (Å²) >= 11 is 1.71. The van der Waals surface area contributed by atoms with Gasteiger partial charge in [0.1, 0.15) is 0 Å². The number of anilines is 1. The average molecular weight is 288 g/mol. The number of benzene rings is 1. The molecular weight excluding hydrogens is 268 g/mol. The zero-order chi connectivity index (χ0) is 14.4. The molecule has 2 rings (SSSR count). The van der Waals surface area contributed by atoms with E-state index in [1.54, 1.807) is 11.3 Å². The molecule has 1 aromatic carbocycles. The smallest absolute Gasteiger partial charge is 0.319 e. The van der Waals surface area contributed by atoms with Crippen LogP contribution in [-0.2, 0) is 6.42 Å².